The zero-order chi connectivity index (χ0) is 26.2. The molecule has 11 nitrogen and oxygen atoms in total. The van der Waals surface area contributed by atoms with Crippen molar-refractivity contribution in [2.45, 2.75) is 6.42 Å². The minimum absolute atomic E-state index is 0.123. The number of rotatable bonds is 9. The number of anilines is 3. The van der Waals surface area contributed by atoms with Crippen LogP contribution in [-0.2, 0) is 9.47 Å². The number of carbonyl (C=O) groups excluding carboxylic acids is 1. The number of methoxy groups -OCH3 is 1. The Balaban J connectivity index is 1.24. The number of urea groups is 1. The van der Waals surface area contributed by atoms with Crippen LogP contribution < -0.4 is 20.1 Å². The van der Waals surface area contributed by atoms with Crippen molar-refractivity contribution in [3.8, 4) is 11.5 Å². The van der Waals surface area contributed by atoms with Crippen molar-refractivity contribution < 1.29 is 23.7 Å². The number of nitrogens with zero attached hydrogens (tertiary/aromatic N) is 4. The molecule has 0 bridgehead atoms. The van der Waals surface area contributed by atoms with Crippen LogP contribution in [0.5, 0.6) is 11.5 Å². The van der Waals surface area contributed by atoms with Crippen LogP contribution >= 0.6 is 0 Å². The van der Waals surface area contributed by atoms with Crippen molar-refractivity contribution in [2.24, 2.45) is 0 Å². The predicted molar refractivity (Wildman–Crippen MR) is 145 cm³/mol. The fourth-order valence-electron chi connectivity index (χ4n) is 4.47. The molecule has 2 aliphatic rings. The van der Waals surface area contributed by atoms with Crippen molar-refractivity contribution in [1.29, 1.82) is 0 Å². The first-order valence-electron chi connectivity index (χ1n) is 13.0. The summed E-state index contributed by atoms with van der Waals surface area (Å²) in [6.07, 6.45) is 2.43. The largest absolute Gasteiger partial charge is 0.493 e. The van der Waals surface area contributed by atoms with E-state index in [0.717, 1.165) is 61.5 Å². The number of ether oxygens (including phenoxy) is 4. The number of amides is 2. The highest BCUT2D eigenvalue weighted by Crippen LogP contribution is 2.35. The van der Waals surface area contributed by atoms with Gasteiger partial charge in [-0.1, -0.05) is 0 Å². The first-order chi connectivity index (χ1) is 18.7. The molecular weight excluding hydrogens is 488 g/mol. The lowest BCUT2D eigenvalue weighted by Crippen LogP contribution is -2.43. The Kier molecular flexibility index (Phi) is 8.69. The third-order valence-electron chi connectivity index (χ3n) is 6.60. The number of carbonyl (C=O) groups is 1. The van der Waals surface area contributed by atoms with Gasteiger partial charge in [0.05, 0.1) is 45.7 Å². The maximum atomic E-state index is 12.4. The molecule has 202 valence electrons. The number of hydrogen-bond acceptors (Lipinski definition) is 9. The van der Waals surface area contributed by atoms with Crippen LogP contribution in [0.15, 0.2) is 42.7 Å². The molecule has 2 aliphatic heterocycles. The molecule has 0 unspecified atom stereocenters. The first kappa shape index (κ1) is 26.0. The van der Waals surface area contributed by atoms with Gasteiger partial charge in [0.1, 0.15) is 12.1 Å². The van der Waals surface area contributed by atoms with E-state index in [2.05, 4.69) is 25.5 Å². The van der Waals surface area contributed by atoms with E-state index in [1.807, 2.05) is 36.4 Å². The summed E-state index contributed by atoms with van der Waals surface area (Å²) in [7, 11) is 1.63. The van der Waals surface area contributed by atoms with Crippen LogP contribution in [0.1, 0.15) is 6.42 Å². The number of benzene rings is 2. The molecule has 11 heteroatoms. The topological polar surface area (TPSA) is 110 Å². The van der Waals surface area contributed by atoms with Crippen molar-refractivity contribution in [1.82, 2.24) is 19.8 Å². The molecule has 0 radical (unpaired) electrons. The van der Waals surface area contributed by atoms with Crippen molar-refractivity contribution in [3.05, 3.63) is 42.7 Å². The average Bonchev–Trinajstić information content (AvgIpc) is 2.97. The van der Waals surface area contributed by atoms with E-state index in [0.29, 0.717) is 50.2 Å². The highest BCUT2D eigenvalue weighted by Gasteiger charge is 2.17. The van der Waals surface area contributed by atoms with Crippen LogP contribution in [0.4, 0.5) is 22.0 Å². The Bertz CT molecular complexity index is 1210. The summed E-state index contributed by atoms with van der Waals surface area (Å²) in [6.45, 7) is 7.38. The van der Waals surface area contributed by atoms with E-state index in [-0.39, 0.29) is 6.03 Å². The van der Waals surface area contributed by atoms with E-state index in [9.17, 15) is 4.79 Å². The lowest BCUT2D eigenvalue weighted by atomic mass is 10.2. The van der Waals surface area contributed by atoms with Crippen LogP contribution in [0.3, 0.4) is 0 Å². The summed E-state index contributed by atoms with van der Waals surface area (Å²) in [5.41, 5.74) is 2.30. The average molecular weight is 523 g/mol. The molecule has 2 aromatic carbocycles. The van der Waals surface area contributed by atoms with Gasteiger partial charge in [-0.25, -0.2) is 14.8 Å². The van der Waals surface area contributed by atoms with E-state index < -0.39 is 0 Å². The molecule has 2 N–H and O–H groups in total. The van der Waals surface area contributed by atoms with Gasteiger partial charge in [-0.05, 0) is 36.8 Å². The van der Waals surface area contributed by atoms with Gasteiger partial charge in [-0.2, -0.15) is 0 Å². The fourth-order valence-corrected chi connectivity index (χ4v) is 4.47. The zero-order valence-electron chi connectivity index (χ0n) is 21.6. The van der Waals surface area contributed by atoms with E-state index in [1.165, 1.54) is 6.33 Å². The fraction of sp³-hybridized carbons (Fsp3) is 0.444. The molecule has 2 fully saturated rings. The number of morpholine rings is 2. The molecule has 3 aromatic rings. The maximum Gasteiger partial charge on any atom is 0.321 e. The van der Waals surface area contributed by atoms with E-state index in [4.69, 9.17) is 18.9 Å². The van der Waals surface area contributed by atoms with Crippen molar-refractivity contribution >= 4 is 34.1 Å². The molecule has 2 saturated heterocycles. The Hall–Kier alpha value is -3.67. The normalized spacial score (nSPS) is 16.3. The summed E-state index contributed by atoms with van der Waals surface area (Å²) in [6, 6.07) is 11.2. The molecule has 1 aromatic heterocycles. The lowest BCUT2D eigenvalue weighted by Gasteiger charge is -2.26. The van der Waals surface area contributed by atoms with Crippen molar-refractivity contribution in [2.75, 3.05) is 83.5 Å². The molecule has 0 atom stereocenters. The van der Waals surface area contributed by atoms with E-state index >= 15 is 0 Å². The predicted octanol–water partition coefficient (Wildman–Crippen LogP) is 3.35. The standard InChI is InChI=1S/C27H34N6O5/c1-35-24-18-23-22(17-25(24)38-12-2-7-32-8-13-36-14-9-32)26(29-19-28-23)30-20-3-5-21(6-4-20)31-27(34)33-10-15-37-16-11-33/h3-6,17-19H,2,7-16H2,1H3,(H,31,34)(H,28,29,30). The quantitative estimate of drug-likeness (QED) is 0.409. The molecule has 3 heterocycles. The van der Waals surface area contributed by atoms with Gasteiger partial charge < -0.3 is 34.5 Å². The molecule has 5 rings (SSSR count). The maximum absolute atomic E-state index is 12.4. The van der Waals surface area contributed by atoms with E-state index in [1.54, 1.807) is 12.0 Å². The van der Waals surface area contributed by atoms with Crippen LogP contribution in [0, 0.1) is 0 Å². The molecule has 2 amide bonds. The minimum Gasteiger partial charge on any atom is -0.493 e. The second-order valence-corrected chi connectivity index (χ2v) is 9.13. The Morgan fingerprint density at radius 3 is 2.39 bits per heavy atom. The Morgan fingerprint density at radius 2 is 1.66 bits per heavy atom. The van der Waals surface area contributed by atoms with Crippen LogP contribution in [0.25, 0.3) is 10.9 Å². The minimum atomic E-state index is -0.123. The van der Waals surface area contributed by atoms with Gasteiger partial charge in [0.25, 0.3) is 0 Å². The summed E-state index contributed by atoms with van der Waals surface area (Å²) < 4.78 is 22.4. The summed E-state index contributed by atoms with van der Waals surface area (Å²) in [5, 5.41) is 7.12. The zero-order valence-corrected chi connectivity index (χ0v) is 21.6. The number of hydrogen-bond donors (Lipinski definition) is 2. The summed E-state index contributed by atoms with van der Waals surface area (Å²) in [4.78, 5) is 25.5. The highest BCUT2D eigenvalue weighted by molar-refractivity contribution is 5.93. The summed E-state index contributed by atoms with van der Waals surface area (Å²) >= 11 is 0. The second kappa shape index (κ2) is 12.7. The van der Waals surface area contributed by atoms with Gasteiger partial charge in [-0.3, -0.25) is 4.90 Å². The lowest BCUT2D eigenvalue weighted by molar-refractivity contribution is 0.0357. The van der Waals surface area contributed by atoms with Gasteiger partial charge in [-0.15, -0.1) is 0 Å². The number of nitrogens with one attached hydrogen (secondary N) is 2. The first-order valence-corrected chi connectivity index (χ1v) is 13.0. The SMILES string of the molecule is COc1cc2ncnc(Nc3ccc(NC(=O)N4CCOCC4)cc3)c2cc1OCCCN1CCOCC1. The monoisotopic (exact) mass is 522 g/mol. The van der Waals surface area contributed by atoms with Gasteiger partial charge in [0.2, 0.25) is 0 Å². The Morgan fingerprint density at radius 1 is 0.947 bits per heavy atom. The molecular formula is C27H34N6O5. The van der Waals surface area contributed by atoms with Crippen molar-refractivity contribution in [3.63, 3.8) is 0 Å². The highest BCUT2D eigenvalue weighted by atomic mass is 16.5. The smallest absolute Gasteiger partial charge is 0.321 e. The van der Waals surface area contributed by atoms with Gasteiger partial charge in [0, 0.05) is 55.6 Å². The molecule has 0 aliphatic carbocycles. The second-order valence-electron chi connectivity index (χ2n) is 9.13. The third-order valence-corrected chi connectivity index (χ3v) is 6.60. The third kappa shape index (κ3) is 6.60. The van der Waals surface area contributed by atoms with Crippen LogP contribution in [-0.4, -0.2) is 98.7 Å². The Labute approximate surface area is 222 Å². The molecule has 38 heavy (non-hydrogen) atoms. The van der Waals surface area contributed by atoms with Crippen LogP contribution in [0.2, 0.25) is 0 Å². The van der Waals surface area contributed by atoms with Gasteiger partial charge >= 0.3 is 6.03 Å². The number of aromatic nitrogens is 2. The molecule has 0 saturated carbocycles. The molecule has 0 spiro atoms. The summed E-state index contributed by atoms with van der Waals surface area (Å²) in [5.74, 6) is 1.94. The number of fused-ring (bicyclic) bond motifs is 1. The van der Waals surface area contributed by atoms with Gasteiger partial charge in [0.15, 0.2) is 11.5 Å².